The molecule has 6 heteroatoms. The van der Waals surface area contributed by atoms with E-state index in [4.69, 9.17) is 21.7 Å². The number of rotatable bonds is 6. The summed E-state index contributed by atoms with van der Waals surface area (Å²) in [6, 6.07) is 14.7. The molecule has 29 heavy (non-hydrogen) atoms. The van der Waals surface area contributed by atoms with Gasteiger partial charge in [-0.2, -0.15) is 0 Å². The summed E-state index contributed by atoms with van der Waals surface area (Å²) in [4.78, 5) is 4.71. The first-order chi connectivity index (χ1) is 14.0. The molecule has 5 nitrogen and oxygen atoms in total. The van der Waals surface area contributed by atoms with E-state index in [1.54, 1.807) is 14.2 Å². The van der Waals surface area contributed by atoms with Crippen LogP contribution in [0.2, 0.25) is 0 Å². The molecule has 1 saturated heterocycles. The monoisotopic (exact) mass is 413 g/mol. The summed E-state index contributed by atoms with van der Waals surface area (Å²) in [6.07, 6.45) is 2.21. The van der Waals surface area contributed by atoms with Gasteiger partial charge in [-0.05, 0) is 81.4 Å². The summed E-state index contributed by atoms with van der Waals surface area (Å²) >= 11 is 5.86. The maximum Gasteiger partial charge on any atom is 0.173 e. The number of thiocarbonyl (C=S) groups is 1. The number of anilines is 1. The third-order valence-corrected chi connectivity index (χ3v) is 5.90. The maximum atomic E-state index is 5.86. The van der Waals surface area contributed by atoms with Crippen molar-refractivity contribution >= 4 is 23.0 Å². The molecule has 2 aromatic rings. The summed E-state index contributed by atoms with van der Waals surface area (Å²) < 4.78 is 10.8. The average Bonchev–Trinajstić information content (AvgIpc) is 2.74. The Kier molecular flexibility index (Phi) is 7.34. The second-order valence-electron chi connectivity index (χ2n) is 7.62. The largest absolute Gasteiger partial charge is 0.497 e. The normalized spacial score (nSPS) is 15.0. The first-order valence-electron chi connectivity index (χ1n) is 10.0. The van der Waals surface area contributed by atoms with Gasteiger partial charge in [0, 0.05) is 24.3 Å². The van der Waals surface area contributed by atoms with Crippen LogP contribution in [0.25, 0.3) is 0 Å². The SMILES string of the molecule is COc1ccc(CN(C(=S)Nc2ccc(C)c(OC)c2)C2CCN(C)CC2)cc1. The Morgan fingerprint density at radius 1 is 1.10 bits per heavy atom. The quantitative estimate of drug-likeness (QED) is 0.712. The Labute approximate surface area is 179 Å². The molecule has 0 aliphatic carbocycles. The highest BCUT2D eigenvalue weighted by Gasteiger charge is 2.25. The summed E-state index contributed by atoms with van der Waals surface area (Å²) in [6.45, 7) is 4.98. The third-order valence-electron chi connectivity index (χ3n) is 5.56. The summed E-state index contributed by atoms with van der Waals surface area (Å²) in [5.41, 5.74) is 3.27. The van der Waals surface area contributed by atoms with Gasteiger partial charge < -0.3 is 24.6 Å². The molecule has 1 heterocycles. The van der Waals surface area contributed by atoms with E-state index in [9.17, 15) is 0 Å². The second kappa shape index (κ2) is 9.94. The number of nitrogens with one attached hydrogen (secondary N) is 1. The van der Waals surface area contributed by atoms with Crippen LogP contribution >= 0.6 is 12.2 Å². The number of piperidine rings is 1. The van der Waals surface area contributed by atoms with Gasteiger partial charge in [0.15, 0.2) is 5.11 Å². The van der Waals surface area contributed by atoms with Crippen molar-refractivity contribution in [1.82, 2.24) is 9.80 Å². The molecule has 0 unspecified atom stereocenters. The van der Waals surface area contributed by atoms with Crippen molar-refractivity contribution in [3.05, 3.63) is 53.6 Å². The molecule has 2 aromatic carbocycles. The Hall–Kier alpha value is -2.31. The molecule has 1 aliphatic rings. The molecule has 0 aromatic heterocycles. The molecule has 1 N–H and O–H groups in total. The number of hydrogen-bond donors (Lipinski definition) is 1. The van der Waals surface area contributed by atoms with Gasteiger partial charge in [-0.1, -0.05) is 18.2 Å². The van der Waals surface area contributed by atoms with Crippen molar-refractivity contribution in [2.45, 2.75) is 32.4 Å². The van der Waals surface area contributed by atoms with Crippen molar-refractivity contribution in [3.8, 4) is 11.5 Å². The number of hydrogen-bond acceptors (Lipinski definition) is 4. The zero-order chi connectivity index (χ0) is 20.8. The predicted octanol–water partition coefficient (Wildman–Crippen LogP) is 4.31. The van der Waals surface area contributed by atoms with Gasteiger partial charge >= 0.3 is 0 Å². The minimum Gasteiger partial charge on any atom is -0.497 e. The molecule has 0 bridgehead atoms. The lowest BCUT2D eigenvalue weighted by molar-refractivity contribution is 0.173. The molecule has 0 atom stereocenters. The number of methoxy groups -OCH3 is 2. The molecule has 3 rings (SSSR count). The van der Waals surface area contributed by atoms with Gasteiger partial charge in [0.25, 0.3) is 0 Å². The lowest BCUT2D eigenvalue weighted by Gasteiger charge is -2.39. The molecular weight excluding hydrogens is 382 g/mol. The summed E-state index contributed by atoms with van der Waals surface area (Å²) in [7, 11) is 5.56. The second-order valence-corrected chi connectivity index (χ2v) is 8.01. The molecule has 0 spiro atoms. The molecule has 0 amide bonds. The smallest absolute Gasteiger partial charge is 0.173 e. The first kappa shape index (κ1) is 21.4. The van der Waals surface area contributed by atoms with Crippen molar-refractivity contribution in [1.29, 1.82) is 0 Å². The van der Waals surface area contributed by atoms with E-state index in [-0.39, 0.29) is 0 Å². The number of ether oxygens (including phenoxy) is 2. The van der Waals surface area contributed by atoms with Crippen molar-refractivity contribution in [2.24, 2.45) is 0 Å². The van der Waals surface area contributed by atoms with Gasteiger partial charge in [0.2, 0.25) is 0 Å². The van der Waals surface area contributed by atoms with Gasteiger partial charge in [0.05, 0.1) is 14.2 Å². The van der Waals surface area contributed by atoms with Gasteiger partial charge in [-0.3, -0.25) is 0 Å². The first-order valence-corrected chi connectivity index (χ1v) is 10.4. The number of nitrogens with zero attached hydrogens (tertiary/aromatic N) is 2. The minimum atomic E-state index is 0.417. The molecule has 0 saturated carbocycles. The number of likely N-dealkylation sites (tertiary alicyclic amines) is 1. The standard InChI is InChI=1S/C23H31N3O2S/c1-17-5-8-19(15-22(17)28-4)24-23(29)26(20-11-13-25(2)14-12-20)16-18-6-9-21(27-3)10-7-18/h5-10,15,20H,11-14,16H2,1-4H3,(H,24,29). The van der Waals surface area contributed by atoms with Crippen LogP contribution in [0.4, 0.5) is 5.69 Å². The molecule has 156 valence electrons. The fourth-order valence-electron chi connectivity index (χ4n) is 3.69. The van der Waals surface area contributed by atoms with E-state index in [2.05, 4.69) is 34.3 Å². The number of aryl methyl sites for hydroxylation is 1. The lowest BCUT2D eigenvalue weighted by Crippen LogP contribution is -2.47. The van der Waals surface area contributed by atoms with Crippen LogP contribution in [0, 0.1) is 6.92 Å². The minimum absolute atomic E-state index is 0.417. The molecule has 0 radical (unpaired) electrons. The fourth-order valence-corrected chi connectivity index (χ4v) is 4.03. The van der Waals surface area contributed by atoms with Gasteiger partial charge in [-0.25, -0.2) is 0 Å². The lowest BCUT2D eigenvalue weighted by atomic mass is 10.0. The van der Waals surface area contributed by atoms with Gasteiger partial charge in [-0.15, -0.1) is 0 Å². The van der Waals surface area contributed by atoms with Crippen LogP contribution < -0.4 is 14.8 Å². The van der Waals surface area contributed by atoms with E-state index < -0.39 is 0 Å². The predicted molar refractivity (Wildman–Crippen MR) is 123 cm³/mol. The fraction of sp³-hybridized carbons (Fsp3) is 0.435. The Bertz CT molecular complexity index is 817. The van der Waals surface area contributed by atoms with E-state index in [0.717, 1.165) is 60.3 Å². The van der Waals surface area contributed by atoms with Crippen LogP contribution in [-0.4, -0.2) is 55.3 Å². The molecule has 1 aliphatic heterocycles. The summed E-state index contributed by atoms with van der Waals surface area (Å²) in [5.74, 6) is 1.73. The van der Waals surface area contributed by atoms with Crippen LogP contribution in [0.15, 0.2) is 42.5 Å². The van der Waals surface area contributed by atoms with Crippen LogP contribution in [-0.2, 0) is 6.54 Å². The van der Waals surface area contributed by atoms with Crippen LogP contribution in [0.3, 0.4) is 0 Å². The van der Waals surface area contributed by atoms with E-state index in [1.165, 1.54) is 5.56 Å². The Morgan fingerprint density at radius 3 is 2.41 bits per heavy atom. The zero-order valence-electron chi connectivity index (χ0n) is 17.8. The highest BCUT2D eigenvalue weighted by atomic mass is 32.1. The summed E-state index contributed by atoms with van der Waals surface area (Å²) in [5, 5.41) is 4.19. The highest BCUT2D eigenvalue weighted by molar-refractivity contribution is 7.80. The van der Waals surface area contributed by atoms with E-state index in [0.29, 0.717) is 6.04 Å². The maximum absolute atomic E-state index is 5.86. The van der Waals surface area contributed by atoms with Crippen molar-refractivity contribution < 1.29 is 9.47 Å². The Balaban J connectivity index is 1.78. The molecule has 1 fully saturated rings. The van der Waals surface area contributed by atoms with E-state index >= 15 is 0 Å². The van der Waals surface area contributed by atoms with E-state index in [1.807, 2.05) is 37.3 Å². The van der Waals surface area contributed by atoms with Crippen LogP contribution in [0.5, 0.6) is 11.5 Å². The zero-order valence-corrected chi connectivity index (χ0v) is 18.6. The average molecular weight is 414 g/mol. The highest BCUT2D eigenvalue weighted by Crippen LogP contribution is 2.25. The number of benzene rings is 2. The van der Waals surface area contributed by atoms with Crippen molar-refractivity contribution in [2.75, 3.05) is 39.7 Å². The third kappa shape index (κ3) is 5.61. The van der Waals surface area contributed by atoms with Gasteiger partial charge in [0.1, 0.15) is 11.5 Å². The van der Waals surface area contributed by atoms with Crippen molar-refractivity contribution in [3.63, 3.8) is 0 Å². The van der Waals surface area contributed by atoms with Crippen LogP contribution in [0.1, 0.15) is 24.0 Å². The Morgan fingerprint density at radius 2 is 1.79 bits per heavy atom. The topological polar surface area (TPSA) is 37.0 Å². The molecular formula is C23H31N3O2S.